The Balaban J connectivity index is 1.83. The first-order valence-corrected chi connectivity index (χ1v) is 9.70. The number of rotatable bonds is 3. The van der Waals surface area contributed by atoms with Gasteiger partial charge in [-0.25, -0.2) is 9.38 Å². The first-order chi connectivity index (χ1) is 13.4. The molecule has 8 heteroatoms. The Morgan fingerprint density at radius 3 is 2.57 bits per heavy atom. The molecule has 0 aliphatic heterocycles. The maximum atomic E-state index is 13.4. The fourth-order valence-corrected chi connectivity index (χ4v) is 3.63. The summed E-state index contributed by atoms with van der Waals surface area (Å²) >= 11 is 12.1. The Hall–Kier alpha value is -2.15. The van der Waals surface area contributed by atoms with Crippen LogP contribution in [0.15, 0.2) is 47.5 Å². The van der Waals surface area contributed by atoms with Crippen molar-refractivity contribution in [2.24, 2.45) is 4.99 Å². The van der Waals surface area contributed by atoms with E-state index in [9.17, 15) is 14.3 Å². The molecule has 1 aliphatic carbocycles. The monoisotopic (exact) mass is 423 g/mol. The van der Waals surface area contributed by atoms with Gasteiger partial charge in [0, 0.05) is 21.3 Å². The molecule has 5 nitrogen and oxygen atoms in total. The zero-order valence-corrected chi connectivity index (χ0v) is 16.5. The van der Waals surface area contributed by atoms with Crippen LogP contribution < -0.4 is 10.6 Å². The number of carbonyl (C=O) groups is 1. The third-order valence-electron chi connectivity index (χ3n) is 4.37. The molecule has 2 unspecified atom stereocenters. The van der Waals surface area contributed by atoms with Gasteiger partial charge < -0.3 is 10.4 Å². The molecule has 3 rings (SSSR count). The number of guanidine groups is 1. The predicted molar refractivity (Wildman–Crippen MR) is 110 cm³/mol. The second kappa shape index (κ2) is 9.37. The smallest absolute Gasteiger partial charge is 0.258 e. The molecule has 1 fully saturated rings. The van der Waals surface area contributed by atoms with Crippen molar-refractivity contribution in [1.29, 1.82) is 0 Å². The minimum absolute atomic E-state index is 0.145. The van der Waals surface area contributed by atoms with E-state index in [0.717, 1.165) is 25.3 Å². The van der Waals surface area contributed by atoms with E-state index in [2.05, 4.69) is 15.6 Å². The number of carbonyl (C=O) groups excluding carboxylic acids is 1. The minimum atomic E-state index is -0.504. The van der Waals surface area contributed by atoms with E-state index >= 15 is 0 Å². The van der Waals surface area contributed by atoms with E-state index < -0.39 is 17.8 Å². The number of nitrogens with one attached hydrogen (secondary N) is 2. The summed E-state index contributed by atoms with van der Waals surface area (Å²) < 4.78 is 13.4. The molecule has 2 atom stereocenters. The lowest BCUT2D eigenvalue weighted by molar-refractivity contribution is 0.0976. The van der Waals surface area contributed by atoms with Gasteiger partial charge in [0.05, 0.1) is 12.1 Å². The molecule has 0 heterocycles. The summed E-state index contributed by atoms with van der Waals surface area (Å²) in [5, 5.41) is 16.4. The van der Waals surface area contributed by atoms with Crippen molar-refractivity contribution in [2.45, 2.75) is 37.8 Å². The number of amides is 1. The molecule has 1 amide bonds. The van der Waals surface area contributed by atoms with Gasteiger partial charge in [0.15, 0.2) is 0 Å². The van der Waals surface area contributed by atoms with Gasteiger partial charge in [-0.05, 0) is 62.1 Å². The number of nitrogens with zero attached hydrogens (tertiary/aromatic N) is 1. The summed E-state index contributed by atoms with van der Waals surface area (Å²) in [5.41, 5.74) is 0.717. The minimum Gasteiger partial charge on any atom is -0.393 e. The molecule has 1 aliphatic rings. The van der Waals surface area contributed by atoms with Crippen molar-refractivity contribution >= 4 is 40.8 Å². The van der Waals surface area contributed by atoms with Crippen LogP contribution in [0.1, 0.15) is 36.0 Å². The molecule has 2 aromatic carbocycles. The lowest BCUT2D eigenvalue weighted by Crippen LogP contribution is -2.38. The number of hydrogen-bond donors (Lipinski definition) is 3. The summed E-state index contributed by atoms with van der Waals surface area (Å²) in [5.74, 6) is -0.821. The third kappa shape index (κ3) is 5.92. The molecular formula is C20H20Cl2FN3O2. The van der Waals surface area contributed by atoms with Crippen molar-refractivity contribution in [2.75, 3.05) is 5.32 Å². The normalized spacial score (nSPS) is 19.9. The van der Waals surface area contributed by atoms with E-state index in [1.54, 1.807) is 18.2 Å². The Bertz CT molecular complexity index is 871. The van der Waals surface area contributed by atoms with Crippen molar-refractivity contribution < 1.29 is 14.3 Å². The van der Waals surface area contributed by atoms with Gasteiger partial charge in [0.1, 0.15) is 5.82 Å². The van der Waals surface area contributed by atoms with Crippen LogP contribution in [-0.2, 0) is 0 Å². The average molecular weight is 424 g/mol. The quantitative estimate of drug-likeness (QED) is 0.497. The average Bonchev–Trinajstić information content (AvgIpc) is 2.60. The Labute approximate surface area is 172 Å². The number of hydrogen-bond acceptors (Lipinski definition) is 3. The van der Waals surface area contributed by atoms with Crippen LogP contribution in [0.2, 0.25) is 10.0 Å². The van der Waals surface area contributed by atoms with Crippen LogP contribution in [0, 0.1) is 5.82 Å². The molecule has 0 spiro atoms. The molecule has 3 N–H and O–H groups in total. The second-order valence-corrected chi connectivity index (χ2v) is 7.57. The standard InChI is InChI=1S/C20H20Cl2FN3O2/c21-13-8-14(22)10-17(9-13)25-20(24-16-5-2-6-18(27)11-16)26-19(28)12-3-1-4-15(23)7-12/h1,3-4,7-10,16,18,27H,2,5-6,11H2,(H2,24,25,26,28). The molecule has 148 valence electrons. The highest BCUT2D eigenvalue weighted by Crippen LogP contribution is 2.24. The fourth-order valence-electron chi connectivity index (χ4n) is 3.11. The van der Waals surface area contributed by atoms with Crippen LogP contribution in [0.4, 0.5) is 10.1 Å². The highest BCUT2D eigenvalue weighted by atomic mass is 35.5. The summed E-state index contributed by atoms with van der Waals surface area (Å²) in [6.07, 6.45) is 2.49. The van der Waals surface area contributed by atoms with E-state index in [4.69, 9.17) is 23.2 Å². The molecule has 0 radical (unpaired) electrons. The van der Waals surface area contributed by atoms with E-state index in [0.29, 0.717) is 22.2 Å². The van der Waals surface area contributed by atoms with E-state index in [1.165, 1.54) is 18.2 Å². The predicted octanol–water partition coefficient (Wildman–Crippen LogP) is 4.63. The second-order valence-electron chi connectivity index (χ2n) is 6.70. The summed E-state index contributed by atoms with van der Waals surface area (Å²) in [6, 6.07) is 10.1. The molecule has 28 heavy (non-hydrogen) atoms. The SMILES string of the molecule is O=C(NC(=NC1CCCC(O)C1)Nc1cc(Cl)cc(Cl)c1)c1cccc(F)c1. The van der Waals surface area contributed by atoms with E-state index in [-0.39, 0.29) is 17.6 Å². The van der Waals surface area contributed by atoms with Crippen molar-refractivity contribution in [1.82, 2.24) is 5.32 Å². The van der Waals surface area contributed by atoms with Gasteiger partial charge in [-0.3, -0.25) is 10.1 Å². The van der Waals surface area contributed by atoms with E-state index in [1.807, 2.05) is 0 Å². The Kier molecular flexibility index (Phi) is 6.88. The largest absolute Gasteiger partial charge is 0.393 e. The maximum Gasteiger partial charge on any atom is 0.258 e. The van der Waals surface area contributed by atoms with Gasteiger partial charge in [-0.2, -0.15) is 0 Å². The summed E-state index contributed by atoms with van der Waals surface area (Å²) in [6.45, 7) is 0. The van der Waals surface area contributed by atoms with Crippen molar-refractivity contribution in [3.63, 3.8) is 0 Å². The highest BCUT2D eigenvalue weighted by molar-refractivity contribution is 6.35. The van der Waals surface area contributed by atoms with Crippen molar-refractivity contribution in [3.8, 4) is 0 Å². The van der Waals surface area contributed by atoms with Gasteiger partial charge >= 0.3 is 0 Å². The number of aliphatic imine (C=N–C) groups is 1. The van der Waals surface area contributed by atoms with Crippen LogP contribution >= 0.6 is 23.2 Å². The number of anilines is 1. The van der Waals surface area contributed by atoms with Crippen molar-refractivity contribution in [3.05, 3.63) is 63.9 Å². The fraction of sp³-hybridized carbons (Fsp3) is 0.300. The first kappa shape index (κ1) is 20.6. The topological polar surface area (TPSA) is 73.7 Å². The van der Waals surface area contributed by atoms with Gasteiger partial charge in [0.2, 0.25) is 5.96 Å². The molecular weight excluding hydrogens is 404 g/mol. The lowest BCUT2D eigenvalue weighted by Gasteiger charge is -2.24. The molecule has 1 saturated carbocycles. The van der Waals surface area contributed by atoms with Gasteiger partial charge in [0.25, 0.3) is 5.91 Å². The summed E-state index contributed by atoms with van der Waals surface area (Å²) in [4.78, 5) is 17.1. The van der Waals surface area contributed by atoms with Crippen LogP contribution in [0.5, 0.6) is 0 Å². The maximum absolute atomic E-state index is 13.4. The zero-order chi connectivity index (χ0) is 20.1. The molecule has 0 aromatic heterocycles. The van der Waals surface area contributed by atoms with Crippen LogP contribution in [-0.4, -0.2) is 29.1 Å². The Morgan fingerprint density at radius 2 is 1.89 bits per heavy atom. The molecule has 2 aromatic rings. The Morgan fingerprint density at radius 1 is 1.14 bits per heavy atom. The third-order valence-corrected chi connectivity index (χ3v) is 4.81. The zero-order valence-electron chi connectivity index (χ0n) is 15.0. The highest BCUT2D eigenvalue weighted by Gasteiger charge is 2.21. The number of halogens is 3. The van der Waals surface area contributed by atoms with Gasteiger partial charge in [-0.1, -0.05) is 29.3 Å². The summed E-state index contributed by atoms with van der Waals surface area (Å²) in [7, 11) is 0. The number of aliphatic hydroxyl groups is 1. The number of benzene rings is 2. The van der Waals surface area contributed by atoms with Gasteiger partial charge in [-0.15, -0.1) is 0 Å². The molecule has 0 bridgehead atoms. The first-order valence-electron chi connectivity index (χ1n) is 8.95. The van der Waals surface area contributed by atoms with Crippen LogP contribution in [0.3, 0.4) is 0 Å². The number of aliphatic hydroxyl groups excluding tert-OH is 1. The van der Waals surface area contributed by atoms with Crippen LogP contribution in [0.25, 0.3) is 0 Å². The lowest BCUT2D eigenvalue weighted by atomic mass is 9.93. The molecule has 0 saturated heterocycles.